The van der Waals surface area contributed by atoms with Gasteiger partial charge in [0.05, 0.1) is 12.6 Å². The van der Waals surface area contributed by atoms with Gasteiger partial charge in [0.2, 0.25) is 65.0 Å². The fraction of sp³-hybridized carbons (Fsp3) is 0.790. The Morgan fingerprint density at radius 1 is 0.448 bits per heavy atom. The zero-order valence-electron chi connectivity index (χ0n) is 57.1. The summed E-state index contributed by atoms with van der Waals surface area (Å²) in [7, 11) is 9.93. The molecule has 9 N–H and O–H groups in total. The van der Waals surface area contributed by atoms with E-state index in [1.54, 1.807) is 46.8 Å². The largest absolute Gasteiger partial charge is 0.412 e. The molecule has 12 atom stereocenters. The summed E-state index contributed by atoms with van der Waals surface area (Å²) in [5, 5.41) is 23.0. The molecule has 0 radical (unpaired) electrons. The first-order valence-electron chi connectivity index (χ1n) is 30.6. The summed E-state index contributed by atoms with van der Waals surface area (Å²) in [5.74, 6) is -9.41. The molecule has 0 saturated carbocycles. The van der Waals surface area contributed by atoms with Gasteiger partial charge in [-0.15, -0.1) is 0 Å². The third-order valence-electron chi connectivity index (χ3n) is 15.9. The number of aliphatic hydroxyl groups is 1. The van der Waals surface area contributed by atoms with E-state index in [2.05, 4.69) is 21.3 Å². The van der Waals surface area contributed by atoms with E-state index in [1.807, 2.05) is 69.2 Å². The van der Waals surface area contributed by atoms with Gasteiger partial charge in [0.15, 0.2) is 0 Å². The van der Waals surface area contributed by atoms with Crippen molar-refractivity contribution in [1.82, 2.24) is 55.6 Å². The van der Waals surface area contributed by atoms with Crippen LogP contribution < -0.4 is 21.3 Å². The van der Waals surface area contributed by atoms with Gasteiger partial charge in [-0.1, -0.05) is 109 Å². The molecule has 502 valence electrons. The van der Waals surface area contributed by atoms with Crippen molar-refractivity contribution in [2.45, 2.75) is 223 Å². The van der Waals surface area contributed by atoms with E-state index in [0.29, 0.717) is 0 Å². The Morgan fingerprint density at radius 3 is 1.20 bits per heavy atom. The number of hydrogen-bond acceptors (Lipinski definition) is 12. The molecule has 1 aliphatic rings. The number of rotatable bonds is 15. The fourth-order valence-corrected chi connectivity index (χ4v) is 10.6. The van der Waals surface area contributed by atoms with Gasteiger partial charge in [-0.3, -0.25) is 52.7 Å². The number of nitrogens with one attached hydrogen (secondary N) is 4. The average Bonchev–Trinajstić information content (AvgIpc) is 2.55. The zero-order chi connectivity index (χ0) is 66.0. The third kappa shape index (κ3) is 23.7. The molecule has 25 nitrogen and oxygen atoms in total. The Morgan fingerprint density at radius 2 is 0.805 bits per heavy atom. The van der Waals surface area contributed by atoms with Crippen molar-refractivity contribution < 1.29 is 68.8 Å². The van der Waals surface area contributed by atoms with Crippen molar-refractivity contribution >= 4 is 65.0 Å². The first kappa shape index (κ1) is 82.9. The van der Waals surface area contributed by atoms with Crippen LogP contribution in [0.4, 0.5) is 0 Å². The minimum absolute atomic E-state index is 0. The van der Waals surface area contributed by atoms with Crippen molar-refractivity contribution in [3.8, 4) is 0 Å². The summed E-state index contributed by atoms with van der Waals surface area (Å²) >= 11 is 0. The van der Waals surface area contributed by atoms with Crippen molar-refractivity contribution in [3.63, 3.8) is 0 Å². The van der Waals surface area contributed by atoms with Crippen LogP contribution in [-0.4, -0.2) is 238 Å². The second-order valence-corrected chi connectivity index (χ2v) is 26.2. The van der Waals surface area contributed by atoms with E-state index < -0.39 is 150 Å². The number of nitrogens with zero attached hydrogens (tertiary/aromatic N) is 7. The van der Waals surface area contributed by atoms with E-state index in [-0.39, 0.29) is 79.1 Å². The van der Waals surface area contributed by atoms with Gasteiger partial charge in [-0.25, -0.2) is 0 Å². The lowest BCUT2D eigenvalue weighted by atomic mass is 9.93. The molecule has 11 amide bonds. The molecule has 0 aromatic carbocycles. The Bertz CT molecular complexity index is 2330. The molecule has 1 fully saturated rings. The van der Waals surface area contributed by atoms with Crippen molar-refractivity contribution in [3.05, 3.63) is 12.2 Å². The van der Waals surface area contributed by atoms with Gasteiger partial charge in [0, 0.05) is 55.3 Å². The highest BCUT2D eigenvalue weighted by atomic mass is 16.3. The first-order valence-corrected chi connectivity index (χ1v) is 30.6. The lowest BCUT2D eigenvalue weighted by Crippen LogP contribution is -2.63. The molecule has 0 bridgehead atoms. The maximum atomic E-state index is 15.2. The van der Waals surface area contributed by atoms with Crippen LogP contribution in [0.5, 0.6) is 0 Å². The first-order chi connectivity index (χ1) is 39.2. The number of carbonyl (C=O) groups excluding carboxylic acids is 11. The SMILES string of the molecule is C/C=C\[C@@H](C)C(O)C1C(=O)N[C@@H](CC)C(=O)N(C)CC(=O)N(C)[C@@H](CC(C)C)C(=O)N[C@@H](C(C)C)C(=O)N(C)[C@H](CC(C)C)C(=O)N[C@H](C)C(=O)N[C@H](C)C(=O)N(C)[C@@H](CC(C)C)C(=O)N(C)[C@@H](CC(C)C)C(=O)N(C)[C@@H](CC(C)C)C(=O)N1C.O.O. The number of allylic oxidation sites excluding steroid dienone is 1. The van der Waals surface area contributed by atoms with E-state index in [4.69, 9.17) is 0 Å². The topological polar surface area (TPSA) is 342 Å². The van der Waals surface area contributed by atoms with Crippen LogP contribution in [0.2, 0.25) is 0 Å². The second kappa shape index (κ2) is 37.6. The van der Waals surface area contributed by atoms with E-state index in [0.717, 1.165) is 9.80 Å². The molecule has 87 heavy (non-hydrogen) atoms. The van der Waals surface area contributed by atoms with Gasteiger partial charge in [-0.05, 0) is 94.8 Å². The van der Waals surface area contributed by atoms with E-state index >= 15 is 9.59 Å². The van der Waals surface area contributed by atoms with Crippen LogP contribution >= 0.6 is 0 Å². The molecule has 1 saturated heterocycles. The molecule has 1 rings (SSSR count). The quantitative estimate of drug-likeness (QED) is 0.146. The van der Waals surface area contributed by atoms with Crippen LogP contribution in [-0.2, 0) is 52.7 Å². The van der Waals surface area contributed by atoms with Crippen molar-refractivity contribution in [2.24, 2.45) is 41.4 Å². The van der Waals surface area contributed by atoms with Gasteiger partial charge < -0.3 is 71.6 Å². The van der Waals surface area contributed by atoms with Crippen molar-refractivity contribution in [2.75, 3.05) is 55.9 Å². The number of amides is 11. The molecular weight excluding hydrogens is 1120 g/mol. The van der Waals surface area contributed by atoms with Crippen LogP contribution in [0, 0.1) is 41.4 Å². The Kier molecular flexibility index (Phi) is 35.8. The summed E-state index contributed by atoms with van der Waals surface area (Å²) in [4.78, 5) is 169. The normalized spacial score (nSPS) is 26.3. The van der Waals surface area contributed by atoms with Crippen LogP contribution in [0.1, 0.15) is 156 Å². The lowest BCUT2D eigenvalue weighted by Gasteiger charge is -2.41. The Balaban J connectivity index is 0. The molecule has 0 aromatic heterocycles. The predicted molar refractivity (Wildman–Crippen MR) is 336 cm³/mol. The highest BCUT2D eigenvalue weighted by molar-refractivity contribution is 5.99. The molecule has 0 spiro atoms. The minimum Gasteiger partial charge on any atom is -0.412 e. The summed E-state index contributed by atoms with van der Waals surface area (Å²) in [6, 6.07) is -12.3. The summed E-state index contributed by atoms with van der Waals surface area (Å²) in [5.41, 5.74) is 0. The average molecular weight is 1240 g/mol. The van der Waals surface area contributed by atoms with E-state index in [1.165, 1.54) is 87.7 Å². The van der Waals surface area contributed by atoms with Crippen LogP contribution in [0.15, 0.2) is 12.2 Å². The summed E-state index contributed by atoms with van der Waals surface area (Å²) < 4.78 is 0. The summed E-state index contributed by atoms with van der Waals surface area (Å²) in [6.45, 7) is 29.5. The molecular formula is C62H115N11O14. The minimum atomic E-state index is -1.62. The summed E-state index contributed by atoms with van der Waals surface area (Å²) in [6.07, 6.45) is 2.55. The Hall–Kier alpha value is -6.21. The number of carbonyl (C=O) groups is 11. The monoisotopic (exact) mass is 1240 g/mol. The maximum absolute atomic E-state index is 15.2. The van der Waals surface area contributed by atoms with Gasteiger partial charge >= 0.3 is 0 Å². The Labute approximate surface area is 519 Å². The third-order valence-corrected chi connectivity index (χ3v) is 15.9. The fourth-order valence-electron chi connectivity index (χ4n) is 10.6. The van der Waals surface area contributed by atoms with E-state index in [9.17, 15) is 48.3 Å². The molecule has 0 aliphatic carbocycles. The second-order valence-electron chi connectivity index (χ2n) is 26.2. The van der Waals surface area contributed by atoms with Gasteiger partial charge in [-0.2, -0.15) is 0 Å². The van der Waals surface area contributed by atoms with Crippen molar-refractivity contribution in [1.29, 1.82) is 0 Å². The smallest absolute Gasteiger partial charge is 0.246 e. The molecule has 0 aromatic rings. The molecule has 1 aliphatic heterocycles. The number of hydrogen-bond donors (Lipinski definition) is 5. The number of likely N-dealkylation sites (N-methyl/N-ethyl adjacent to an activating group) is 7. The number of aliphatic hydroxyl groups excluding tert-OH is 1. The van der Waals surface area contributed by atoms with Crippen LogP contribution in [0.25, 0.3) is 0 Å². The zero-order valence-corrected chi connectivity index (χ0v) is 57.1. The maximum Gasteiger partial charge on any atom is 0.246 e. The molecule has 2 unspecified atom stereocenters. The van der Waals surface area contributed by atoms with Gasteiger partial charge in [0.25, 0.3) is 0 Å². The lowest BCUT2D eigenvalue weighted by molar-refractivity contribution is -0.156. The van der Waals surface area contributed by atoms with Gasteiger partial charge in [0.1, 0.15) is 60.4 Å². The van der Waals surface area contributed by atoms with Crippen LogP contribution in [0.3, 0.4) is 0 Å². The molecule has 1 heterocycles. The molecule has 25 heteroatoms. The highest BCUT2D eigenvalue weighted by Crippen LogP contribution is 2.25. The highest BCUT2D eigenvalue weighted by Gasteiger charge is 2.45. The standard InChI is InChI=1S/C62H111N11O12.2H2O/c1-25-27-40(15)52(75)51-56(79)65-43(26-2)58(81)67(18)33-49(74)68(19)44(28-34(3)4)55(78)66-50(39(13)14)62(85)69(20)45(29-35(5)6)54(77)63-41(16)53(76)64-42(17)57(80)70(21)46(30-36(7)8)59(82)71(22)47(31-37(9)10)60(83)72(23)48(32-38(11)12)61(84)73(51)24;;/h25,27,34-48,50-52,75H,26,28-33H2,1-24H3,(H,63,77)(H,64,76)(H,65,79)(H,66,78);2*1H2/b27-25-;;/t40-,41-,42-,43+,44+,45-,46+,47+,48+,50+,51?,52?;;/m1../s1. The predicted octanol–water partition coefficient (Wildman–Crippen LogP) is 1.62.